The van der Waals surface area contributed by atoms with Crippen molar-refractivity contribution >= 4 is 18.8 Å². The summed E-state index contributed by atoms with van der Waals surface area (Å²) in [7, 11) is -4.39. The van der Waals surface area contributed by atoms with Crippen molar-refractivity contribution in [2.45, 2.75) is 12.8 Å². The average Bonchev–Trinajstić information content (AvgIpc) is 2.89. The van der Waals surface area contributed by atoms with Crippen molar-refractivity contribution in [1.82, 2.24) is 4.90 Å². The van der Waals surface area contributed by atoms with Gasteiger partial charge in [0.2, 0.25) is 0 Å². The van der Waals surface area contributed by atoms with Crippen LogP contribution in [-0.2, 0) is 9.36 Å². The summed E-state index contributed by atoms with van der Waals surface area (Å²) >= 11 is 0. The van der Waals surface area contributed by atoms with E-state index in [1.807, 2.05) is 0 Å². The first-order valence-corrected chi connectivity index (χ1v) is 7.65. The zero-order valence-corrected chi connectivity index (χ0v) is 11.3. The van der Waals surface area contributed by atoms with Gasteiger partial charge in [0, 0.05) is 13.1 Å². The second-order valence-corrected chi connectivity index (χ2v) is 5.96. The van der Waals surface area contributed by atoms with Gasteiger partial charge >= 0.3 is 7.60 Å². The first-order valence-electron chi connectivity index (χ1n) is 6.04. The molecule has 1 aromatic rings. The molecule has 1 aliphatic rings. The number of likely N-dealkylation sites (tertiary alicyclic amines) is 1. The highest BCUT2D eigenvalue weighted by molar-refractivity contribution is 7.60. The summed E-state index contributed by atoms with van der Waals surface area (Å²) in [5, 5.41) is -0.191. The minimum absolute atomic E-state index is 0.0587. The number of para-hydroxylation sites is 1. The van der Waals surface area contributed by atoms with E-state index in [1.54, 1.807) is 11.0 Å². The fraction of sp³-hybridized carbons (Fsp3) is 0.417. The summed E-state index contributed by atoms with van der Waals surface area (Å²) in [6, 6.07) is 5.88. The van der Waals surface area contributed by atoms with E-state index >= 15 is 0 Å². The quantitative estimate of drug-likeness (QED) is 0.786. The number of rotatable bonds is 4. The highest BCUT2D eigenvalue weighted by Crippen LogP contribution is 2.37. The largest absolute Gasteiger partial charge is 0.483 e. The predicted molar refractivity (Wildman–Crippen MR) is 69.4 cm³/mol. The van der Waals surface area contributed by atoms with Crippen LogP contribution in [0.1, 0.15) is 12.8 Å². The van der Waals surface area contributed by atoms with Crippen molar-refractivity contribution in [1.29, 1.82) is 0 Å². The lowest BCUT2D eigenvalue weighted by Crippen LogP contribution is -2.32. The molecule has 1 heterocycles. The molecule has 0 unspecified atom stereocenters. The van der Waals surface area contributed by atoms with Gasteiger partial charge in [-0.2, -0.15) is 0 Å². The lowest BCUT2D eigenvalue weighted by Gasteiger charge is -2.17. The Morgan fingerprint density at radius 3 is 2.53 bits per heavy atom. The molecule has 6 nitrogen and oxygen atoms in total. The summed E-state index contributed by atoms with van der Waals surface area (Å²) in [4.78, 5) is 31.8. The lowest BCUT2D eigenvalue weighted by atomic mass is 10.3. The number of benzene rings is 1. The number of hydrogen-bond acceptors (Lipinski definition) is 3. The zero-order chi connectivity index (χ0) is 13.9. The third-order valence-electron chi connectivity index (χ3n) is 2.99. The minimum Gasteiger partial charge on any atom is -0.483 e. The van der Waals surface area contributed by atoms with Crippen LogP contribution in [0.3, 0.4) is 0 Å². The molecule has 1 fully saturated rings. The van der Waals surface area contributed by atoms with Gasteiger partial charge in [-0.25, -0.2) is 0 Å². The Balaban J connectivity index is 2.03. The Morgan fingerprint density at radius 1 is 1.26 bits per heavy atom. The van der Waals surface area contributed by atoms with Crippen molar-refractivity contribution in [3.63, 3.8) is 0 Å². The smallest absolute Gasteiger partial charge is 0.359 e. The monoisotopic (exact) mass is 285 g/mol. The molecule has 7 heteroatoms. The third kappa shape index (κ3) is 3.56. The highest BCUT2D eigenvalue weighted by atomic mass is 31.2. The van der Waals surface area contributed by atoms with Crippen LogP contribution in [0.5, 0.6) is 5.75 Å². The summed E-state index contributed by atoms with van der Waals surface area (Å²) in [5.41, 5.74) is 0. The van der Waals surface area contributed by atoms with Crippen LogP contribution in [0.4, 0.5) is 0 Å². The predicted octanol–water partition coefficient (Wildman–Crippen LogP) is 0.491. The average molecular weight is 285 g/mol. The van der Waals surface area contributed by atoms with Gasteiger partial charge in [-0.3, -0.25) is 9.36 Å². The Kier molecular flexibility index (Phi) is 4.24. The maximum atomic E-state index is 11.8. The second-order valence-electron chi connectivity index (χ2n) is 4.39. The van der Waals surface area contributed by atoms with Gasteiger partial charge < -0.3 is 19.4 Å². The molecule has 1 aliphatic heterocycles. The summed E-state index contributed by atoms with van der Waals surface area (Å²) in [5.74, 6) is -0.0959. The number of hydrogen-bond donors (Lipinski definition) is 2. The van der Waals surface area contributed by atoms with E-state index in [4.69, 9.17) is 4.74 Å². The van der Waals surface area contributed by atoms with Crippen LogP contribution in [0.25, 0.3) is 0 Å². The van der Waals surface area contributed by atoms with Crippen LogP contribution >= 0.6 is 7.60 Å². The molecule has 1 aromatic carbocycles. The Labute approximate surface area is 111 Å². The first kappa shape index (κ1) is 14.1. The first-order chi connectivity index (χ1) is 8.98. The molecule has 2 N–H and O–H groups in total. The number of amides is 1. The van der Waals surface area contributed by atoms with E-state index in [0.29, 0.717) is 0 Å². The molecule has 0 aromatic heterocycles. The van der Waals surface area contributed by atoms with Gasteiger partial charge in [-0.1, -0.05) is 12.1 Å². The van der Waals surface area contributed by atoms with E-state index in [0.717, 1.165) is 25.9 Å². The molecule has 0 radical (unpaired) electrons. The highest BCUT2D eigenvalue weighted by Gasteiger charge is 2.23. The maximum absolute atomic E-state index is 11.8. The van der Waals surface area contributed by atoms with Gasteiger partial charge in [-0.05, 0) is 25.0 Å². The molecule has 19 heavy (non-hydrogen) atoms. The lowest BCUT2D eigenvalue weighted by molar-refractivity contribution is -0.132. The van der Waals surface area contributed by atoms with Crippen molar-refractivity contribution in [3.8, 4) is 5.75 Å². The second kappa shape index (κ2) is 5.74. The van der Waals surface area contributed by atoms with Gasteiger partial charge in [0.25, 0.3) is 5.91 Å². The molecular formula is C12H16NO5P. The van der Waals surface area contributed by atoms with Crippen molar-refractivity contribution in [2.75, 3.05) is 19.7 Å². The van der Waals surface area contributed by atoms with E-state index in [-0.39, 0.29) is 23.6 Å². The summed E-state index contributed by atoms with van der Waals surface area (Å²) in [6.07, 6.45) is 1.98. The van der Waals surface area contributed by atoms with Crippen LogP contribution in [0, 0.1) is 0 Å². The fourth-order valence-electron chi connectivity index (χ4n) is 2.02. The molecular weight excluding hydrogens is 269 g/mol. The SMILES string of the molecule is O=C(COc1ccccc1P(=O)(O)O)N1CCCC1. The van der Waals surface area contributed by atoms with Crippen LogP contribution in [0.15, 0.2) is 24.3 Å². The third-order valence-corrected chi connectivity index (χ3v) is 3.99. The topological polar surface area (TPSA) is 87.1 Å². The molecule has 0 bridgehead atoms. The molecule has 104 valence electrons. The van der Waals surface area contributed by atoms with Crippen molar-refractivity contribution in [3.05, 3.63) is 24.3 Å². The molecule has 0 saturated carbocycles. The van der Waals surface area contributed by atoms with Crippen LogP contribution in [0.2, 0.25) is 0 Å². The normalized spacial score (nSPS) is 15.6. The Hall–Kier alpha value is -1.36. The minimum atomic E-state index is -4.39. The number of carbonyl (C=O) groups is 1. The molecule has 0 atom stereocenters. The van der Waals surface area contributed by atoms with E-state index in [1.165, 1.54) is 18.2 Å². The van der Waals surface area contributed by atoms with E-state index in [9.17, 15) is 19.1 Å². The van der Waals surface area contributed by atoms with Crippen LogP contribution in [-0.4, -0.2) is 40.3 Å². The molecule has 0 aliphatic carbocycles. The summed E-state index contributed by atoms with van der Waals surface area (Å²) < 4.78 is 16.5. The van der Waals surface area contributed by atoms with Crippen molar-refractivity contribution in [2.24, 2.45) is 0 Å². The van der Waals surface area contributed by atoms with Gasteiger partial charge in [0.1, 0.15) is 11.1 Å². The van der Waals surface area contributed by atoms with Crippen molar-refractivity contribution < 1.29 is 23.9 Å². The zero-order valence-electron chi connectivity index (χ0n) is 10.4. The van der Waals surface area contributed by atoms with E-state index in [2.05, 4.69) is 0 Å². The summed E-state index contributed by atoms with van der Waals surface area (Å²) in [6.45, 7) is 1.25. The Morgan fingerprint density at radius 2 is 1.89 bits per heavy atom. The molecule has 1 saturated heterocycles. The maximum Gasteiger partial charge on any atom is 0.359 e. The van der Waals surface area contributed by atoms with Crippen LogP contribution < -0.4 is 10.0 Å². The van der Waals surface area contributed by atoms with E-state index < -0.39 is 7.60 Å². The number of ether oxygens (including phenoxy) is 1. The molecule has 2 rings (SSSR count). The number of nitrogens with zero attached hydrogens (tertiary/aromatic N) is 1. The molecule has 0 spiro atoms. The van der Waals surface area contributed by atoms with Gasteiger partial charge in [0.15, 0.2) is 6.61 Å². The fourth-order valence-corrected chi connectivity index (χ4v) is 2.72. The Bertz CT molecular complexity index is 507. The molecule has 1 amide bonds. The van der Waals surface area contributed by atoms with Gasteiger partial charge in [0.05, 0.1) is 0 Å². The number of carbonyl (C=O) groups excluding carboxylic acids is 1. The standard InChI is InChI=1S/C12H16NO5P/c14-12(13-7-3-4-8-13)9-18-10-5-1-2-6-11(10)19(15,16)17/h1-2,5-6H,3-4,7-9H2,(H2,15,16,17). The van der Waals surface area contributed by atoms with Gasteiger partial charge in [-0.15, -0.1) is 0 Å².